The number of carbonyl (C=O) groups is 4. The van der Waals surface area contributed by atoms with Gasteiger partial charge < -0.3 is 48.1 Å². The van der Waals surface area contributed by atoms with Gasteiger partial charge in [-0.3, -0.25) is 19.2 Å². The van der Waals surface area contributed by atoms with E-state index in [-0.39, 0.29) is 84.5 Å². The maximum absolute atomic E-state index is 13.1. The molecule has 16 heteroatoms. The van der Waals surface area contributed by atoms with Crippen molar-refractivity contribution in [1.82, 2.24) is 9.97 Å². The summed E-state index contributed by atoms with van der Waals surface area (Å²) in [5, 5.41) is 20.6. The van der Waals surface area contributed by atoms with Crippen LogP contribution in [0.2, 0.25) is 0 Å². The largest absolute Gasteiger partial charge is 0.503 e. The van der Waals surface area contributed by atoms with E-state index in [1.54, 1.807) is 0 Å². The number of ketones is 2. The van der Waals surface area contributed by atoms with Crippen molar-refractivity contribution in [2.45, 2.75) is 124 Å². The van der Waals surface area contributed by atoms with Crippen molar-refractivity contribution in [2.75, 3.05) is 53.9 Å². The topological polar surface area (TPSA) is 208 Å². The number of ether oxygens (including phenoxy) is 8. The third kappa shape index (κ3) is 16.5. The second-order valence-corrected chi connectivity index (χ2v) is 19.8. The first-order valence-corrected chi connectivity index (χ1v) is 24.9. The molecule has 2 N–H and O–H groups in total. The van der Waals surface area contributed by atoms with Crippen LogP contribution in [-0.2, 0) is 44.4 Å². The van der Waals surface area contributed by atoms with E-state index in [0.29, 0.717) is 50.6 Å². The standard InChI is InChI=1S/C27H41NO7.C27H35NO7/c2*1-17(2)14-34-26-18(3)35-27(31)21(13-22(29)24-25(30)23(32-4)10-11-28-24)16-33-15-20(26)12-19-8-6-5-7-9-19/h10-11,17-21,26,30H,5-9,12-16H2,1-4H3;5-11,17-18,20-21,26,30H,12-16H2,1-4H3/t2*18-,20-,21-,26-/m00/s1. The quantitative estimate of drug-likeness (QED) is 0.0906. The lowest BCUT2D eigenvalue weighted by Crippen LogP contribution is -2.40. The van der Waals surface area contributed by atoms with Crippen LogP contribution in [0.5, 0.6) is 23.0 Å². The maximum Gasteiger partial charge on any atom is 0.312 e. The molecule has 0 unspecified atom stereocenters. The molecule has 0 amide bonds. The van der Waals surface area contributed by atoms with Gasteiger partial charge in [-0.05, 0) is 50.0 Å². The molecule has 0 spiro atoms. The summed E-state index contributed by atoms with van der Waals surface area (Å²) in [7, 11) is 2.79. The first kappa shape index (κ1) is 55.8. The highest BCUT2D eigenvalue weighted by Gasteiger charge is 2.39. The molecule has 1 aromatic carbocycles. The number of aromatic hydroxyl groups is 2. The third-order valence-corrected chi connectivity index (χ3v) is 13.0. The highest BCUT2D eigenvalue weighted by atomic mass is 16.6. The highest BCUT2D eigenvalue weighted by Crippen LogP contribution is 2.35. The fourth-order valence-corrected chi connectivity index (χ4v) is 9.34. The second kappa shape index (κ2) is 28.0. The van der Waals surface area contributed by atoms with Crippen LogP contribution < -0.4 is 9.47 Å². The van der Waals surface area contributed by atoms with Gasteiger partial charge in [-0.25, -0.2) is 9.97 Å². The zero-order valence-electron chi connectivity index (χ0n) is 42.3. The fraction of sp³-hybridized carbons (Fsp3) is 0.630. The number of rotatable bonds is 18. The molecule has 3 aliphatic rings. The Kier molecular flexibility index (Phi) is 22.3. The summed E-state index contributed by atoms with van der Waals surface area (Å²) in [5.41, 5.74) is 0.867. The van der Waals surface area contributed by atoms with Crippen LogP contribution in [-0.4, -0.2) is 122 Å². The maximum atomic E-state index is 13.1. The van der Waals surface area contributed by atoms with Crippen molar-refractivity contribution in [3.63, 3.8) is 0 Å². The van der Waals surface area contributed by atoms with Gasteiger partial charge in [-0.1, -0.05) is 90.1 Å². The van der Waals surface area contributed by atoms with Crippen LogP contribution >= 0.6 is 0 Å². The summed E-state index contributed by atoms with van der Waals surface area (Å²) in [5.74, 6) is -2.64. The van der Waals surface area contributed by atoms with Crippen molar-refractivity contribution < 1.29 is 67.3 Å². The molecule has 1 aliphatic carbocycles. The zero-order chi connectivity index (χ0) is 50.7. The van der Waals surface area contributed by atoms with Gasteiger partial charge in [0.15, 0.2) is 46.0 Å². The number of pyridine rings is 2. The van der Waals surface area contributed by atoms with E-state index < -0.39 is 47.5 Å². The van der Waals surface area contributed by atoms with Gasteiger partial charge in [0.05, 0.1) is 64.7 Å². The Morgan fingerprint density at radius 3 is 1.57 bits per heavy atom. The van der Waals surface area contributed by atoms with Gasteiger partial charge in [0.1, 0.15) is 12.2 Å². The lowest BCUT2D eigenvalue weighted by Gasteiger charge is -2.34. The average molecular weight is 977 g/mol. The SMILES string of the molecule is COc1ccnc(C(=O)C[C@H]2COC[C@H](CC3CCCCC3)[C@@H](OCC(C)C)[C@H](C)OC2=O)c1O.COc1ccnc(C(=O)C[C@H]2COC[C@H](Cc3ccccc3)[C@@H](OCC(C)C)[C@H](C)OC2=O)c1O. The van der Waals surface area contributed by atoms with E-state index in [2.05, 4.69) is 49.8 Å². The molecule has 8 atom stereocenters. The van der Waals surface area contributed by atoms with E-state index >= 15 is 0 Å². The fourth-order valence-electron chi connectivity index (χ4n) is 9.34. The smallest absolute Gasteiger partial charge is 0.312 e. The third-order valence-electron chi connectivity index (χ3n) is 13.0. The zero-order valence-corrected chi connectivity index (χ0v) is 42.3. The predicted octanol–water partition coefficient (Wildman–Crippen LogP) is 8.42. The van der Waals surface area contributed by atoms with Crippen molar-refractivity contribution in [3.8, 4) is 23.0 Å². The lowest BCUT2D eigenvalue weighted by atomic mass is 9.80. The van der Waals surface area contributed by atoms with Crippen LogP contribution in [0.4, 0.5) is 0 Å². The molecule has 4 heterocycles. The van der Waals surface area contributed by atoms with Gasteiger partial charge in [-0.15, -0.1) is 0 Å². The number of methoxy groups -OCH3 is 2. The van der Waals surface area contributed by atoms with E-state index in [1.165, 1.54) is 70.9 Å². The second-order valence-electron chi connectivity index (χ2n) is 19.8. The van der Waals surface area contributed by atoms with Crippen molar-refractivity contribution in [1.29, 1.82) is 0 Å². The lowest BCUT2D eigenvalue weighted by molar-refractivity contribution is -0.164. The molecule has 0 bridgehead atoms. The first-order valence-electron chi connectivity index (χ1n) is 24.9. The number of cyclic esters (lactones) is 2. The molecule has 0 radical (unpaired) electrons. The summed E-state index contributed by atoms with van der Waals surface area (Å²) in [4.78, 5) is 59.9. The number of hydrogen-bond acceptors (Lipinski definition) is 16. The molecule has 1 saturated carbocycles. The minimum atomic E-state index is -0.835. The van der Waals surface area contributed by atoms with E-state index in [9.17, 15) is 29.4 Å². The molecule has 70 heavy (non-hydrogen) atoms. The number of carbonyl (C=O) groups excluding carboxylic acids is 4. The van der Waals surface area contributed by atoms with Crippen LogP contribution in [0.1, 0.15) is 119 Å². The van der Waals surface area contributed by atoms with E-state index in [1.807, 2.05) is 32.0 Å². The number of hydrogen-bond donors (Lipinski definition) is 2. The van der Waals surface area contributed by atoms with Crippen LogP contribution in [0, 0.1) is 41.4 Å². The van der Waals surface area contributed by atoms with Crippen LogP contribution in [0.3, 0.4) is 0 Å². The monoisotopic (exact) mass is 977 g/mol. The van der Waals surface area contributed by atoms with Crippen LogP contribution in [0.15, 0.2) is 54.9 Å². The predicted molar refractivity (Wildman–Crippen MR) is 260 cm³/mol. The van der Waals surface area contributed by atoms with Gasteiger partial charge in [-0.2, -0.15) is 0 Å². The summed E-state index contributed by atoms with van der Waals surface area (Å²) >= 11 is 0. The average Bonchev–Trinajstić information content (AvgIpc) is 3.41. The molecule has 386 valence electrons. The van der Waals surface area contributed by atoms with Gasteiger partial charge in [0, 0.05) is 62.4 Å². The molecule has 2 aromatic heterocycles. The molecule has 3 fully saturated rings. The summed E-state index contributed by atoms with van der Waals surface area (Å²) in [6.45, 7) is 14.0. The number of nitrogens with zero attached hydrogens (tertiary/aromatic N) is 2. The Labute approximate surface area is 413 Å². The summed E-state index contributed by atoms with van der Waals surface area (Å²) in [6, 6.07) is 13.0. The molecular formula is C54H76N2O14. The number of Topliss-reactive ketones (excluding diaryl/α,β-unsaturated/α-hetero) is 2. The van der Waals surface area contributed by atoms with Crippen molar-refractivity contribution >= 4 is 23.5 Å². The Hall–Kier alpha value is -5.16. The van der Waals surface area contributed by atoms with Crippen LogP contribution in [0.25, 0.3) is 0 Å². The number of benzene rings is 1. The molecule has 2 aliphatic heterocycles. The molecule has 2 saturated heterocycles. The Bertz CT molecular complexity index is 2110. The highest BCUT2D eigenvalue weighted by molar-refractivity contribution is 6.00. The van der Waals surface area contributed by atoms with Crippen molar-refractivity contribution in [2.24, 2.45) is 41.4 Å². The van der Waals surface area contributed by atoms with E-state index in [4.69, 9.17) is 37.9 Å². The van der Waals surface area contributed by atoms with E-state index in [0.717, 1.165) is 12.0 Å². The summed E-state index contributed by atoms with van der Waals surface area (Å²) in [6.07, 6.45) is 8.70. The van der Waals surface area contributed by atoms with Gasteiger partial charge >= 0.3 is 11.9 Å². The first-order chi connectivity index (χ1) is 33.6. The number of aromatic nitrogens is 2. The van der Waals surface area contributed by atoms with Gasteiger partial charge in [0.25, 0.3) is 0 Å². The Morgan fingerprint density at radius 2 is 1.11 bits per heavy atom. The van der Waals surface area contributed by atoms with Gasteiger partial charge in [0.2, 0.25) is 0 Å². The summed E-state index contributed by atoms with van der Waals surface area (Å²) < 4.78 is 46.3. The van der Waals surface area contributed by atoms with Crippen molar-refractivity contribution in [3.05, 3.63) is 71.8 Å². The minimum absolute atomic E-state index is 0.0181. The Morgan fingerprint density at radius 1 is 0.657 bits per heavy atom. The Balaban J connectivity index is 0.000000261. The normalized spacial score (nSPS) is 24.8. The molecular weight excluding hydrogens is 901 g/mol. The molecule has 3 aromatic rings. The molecule has 6 rings (SSSR count). The molecule has 16 nitrogen and oxygen atoms in total. The number of esters is 2. The minimum Gasteiger partial charge on any atom is -0.503 e.